The van der Waals surface area contributed by atoms with Gasteiger partial charge in [-0.2, -0.15) is 5.43 Å². The van der Waals surface area contributed by atoms with Gasteiger partial charge in [0, 0.05) is 35.9 Å². The molecule has 2 aromatic carbocycles. The summed E-state index contributed by atoms with van der Waals surface area (Å²) >= 11 is 0. The van der Waals surface area contributed by atoms with Crippen molar-refractivity contribution in [2.24, 2.45) is 0 Å². The van der Waals surface area contributed by atoms with Crippen LogP contribution in [0.4, 0.5) is 10.1 Å². The Hall–Kier alpha value is -2.57. The molecule has 0 fully saturated rings. The molecule has 3 N–H and O–H groups in total. The number of hydrogen-bond acceptors (Lipinski definition) is 5. The van der Waals surface area contributed by atoms with E-state index in [-0.39, 0.29) is 11.6 Å². The van der Waals surface area contributed by atoms with Crippen LogP contribution in [0.25, 0.3) is 5.70 Å². The highest BCUT2D eigenvalue weighted by Crippen LogP contribution is 2.44. The fraction of sp³-hybridized carbons (Fsp3) is 0.222. The lowest BCUT2D eigenvalue weighted by Gasteiger charge is -2.32. The minimum absolute atomic E-state index is 0.286. The standard InChI is InChI=1S/C18H18FN3O2/c1-23-17-13-10-14-16(12(13)8-9-15(17)19)21-22-18(14,24-2)20-11-6-4-3-5-7-11/h3-9,20-22H,10H2,1-2H3. The molecular formula is C18H18FN3O2. The fourth-order valence-electron chi connectivity index (χ4n) is 3.38. The summed E-state index contributed by atoms with van der Waals surface area (Å²) in [7, 11) is 3.11. The van der Waals surface area contributed by atoms with Crippen LogP contribution in [-0.4, -0.2) is 20.1 Å². The predicted octanol–water partition coefficient (Wildman–Crippen LogP) is 2.62. The average Bonchev–Trinajstić information content (AvgIpc) is 3.14. The predicted molar refractivity (Wildman–Crippen MR) is 89.7 cm³/mol. The zero-order valence-electron chi connectivity index (χ0n) is 13.4. The molecule has 124 valence electrons. The van der Waals surface area contributed by atoms with Crippen molar-refractivity contribution in [3.8, 4) is 5.75 Å². The zero-order chi connectivity index (χ0) is 16.7. The minimum atomic E-state index is -0.906. The zero-order valence-corrected chi connectivity index (χ0v) is 13.4. The first-order valence-corrected chi connectivity index (χ1v) is 7.69. The molecule has 1 heterocycles. The number of benzene rings is 2. The molecule has 0 bridgehead atoms. The SMILES string of the molecule is COc1c(F)ccc2c1CC1=C2NNC1(Nc1ccccc1)OC. The van der Waals surface area contributed by atoms with E-state index in [0.29, 0.717) is 6.42 Å². The van der Waals surface area contributed by atoms with Gasteiger partial charge in [0.25, 0.3) is 0 Å². The van der Waals surface area contributed by atoms with Crippen molar-refractivity contribution in [1.29, 1.82) is 0 Å². The van der Waals surface area contributed by atoms with Crippen LogP contribution >= 0.6 is 0 Å². The number of anilines is 1. The molecule has 1 aliphatic heterocycles. The number of fused-ring (bicyclic) bond motifs is 2. The Morgan fingerprint density at radius 3 is 2.62 bits per heavy atom. The number of hydrazine groups is 1. The van der Waals surface area contributed by atoms with E-state index in [1.165, 1.54) is 13.2 Å². The smallest absolute Gasteiger partial charge is 0.238 e. The second-order valence-electron chi connectivity index (χ2n) is 5.76. The molecule has 0 radical (unpaired) electrons. The lowest BCUT2D eigenvalue weighted by atomic mass is 10.1. The molecular weight excluding hydrogens is 309 g/mol. The normalized spacial score (nSPS) is 21.3. The first kappa shape index (κ1) is 15.0. The van der Waals surface area contributed by atoms with Crippen LogP contribution in [0.2, 0.25) is 0 Å². The van der Waals surface area contributed by atoms with E-state index in [1.54, 1.807) is 13.2 Å². The molecule has 0 spiro atoms. The van der Waals surface area contributed by atoms with Crippen molar-refractivity contribution >= 4 is 11.4 Å². The van der Waals surface area contributed by atoms with Gasteiger partial charge in [-0.05, 0) is 24.3 Å². The highest BCUT2D eigenvalue weighted by molar-refractivity contribution is 5.81. The maximum atomic E-state index is 14.0. The molecule has 6 heteroatoms. The third kappa shape index (κ3) is 2.07. The highest BCUT2D eigenvalue weighted by Gasteiger charge is 2.46. The van der Waals surface area contributed by atoms with E-state index in [0.717, 1.165) is 28.1 Å². The van der Waals surface area contributed by atoms with Crippen LogP contribution in [0.5, 0.6) is 5.75 Å². The molecule has 0 saturated carbocycles. The summed E-state index contributed by atoms with van der Waals surface area (Å²) in [5, 5.41) is 3.37. The summed E-state index contributed by atoms with van der Waals surface area (Å²) in [6.07, 6.45) is 0.527. The van der Waals surface area contributed by atoms with Crippen molar-refractivity contribution in [3.63, 3.8) is 0 Å². The third-order valence-corrected chi connectivity index (χ3v) is 4.53. The number of para-hydroxylation sites is 1. The summed E-state index contributed by atoms with van der Waals surface area (Å²) in [6.45, 7) is 0. The van der Waals surface area contributed by atoms with Crippen molar-refractivity contribution < 1.29 is 13.9 Å². The summed E-state index contributed by atoms with van der Waals surface area (Å²) < 4.78 is 25.1. The van der Waals surface area contributed by atoms with Crippen LogP contribution in [-0.2, 0) is 11.2 Å². The van der Waals surface area contributed by atoms with Crippen molar-refractivity contribution in [1.82, 2.24) is 10.9 Å². The molecule has 0 amide bonds. The van der Waals surface area contributed by atoms with E-state index >= 15 is 0 Å². The number of nitrogens with one attached hydrogen (secondary N) is 3. The Balaban J connectivity index is 1.75. The maximum absolute atomic E-state index is 14.0. The van der Waals surface area contributed by atoms with Crippen LogP contribution in [0, 0.1) is 5.82 Å². The Morgan fingerprint density at radius 2 is 1.92 bits per heavy atom. The summed E-state index contributed by atoms with van der Waals surface area (Å²) in [4.78, 5) is 0. The minimum Gasteiger partial charge on any atom is -0.493 e. The topological polar surface area (TPSA) is 54.5 Å². The van der Waals surface area contributed by atoms with Crippen LogP contribution < -0.4 is 20.9 Å². The number of hydrogen-bond donors (Lipinski definition) is 3. The van der Waals surface area contributed by atoms with Crippen LogP contribution in [0.3, 0.4) is 0 Å². The lowest BCUT2D eigenvalue weighted by Crippen LogP contribution is -2.55. The molecule has 2 aliphatic rings. The van der Waals surface area contributed by atoms with E-state index in [4.69, 9.17) is 9.47 Å². The highest BCUT2D eigenvalue weighted by atomic mass is 19.1. The van der Waals surface area contributed by atoms with Gasteiger partial charge in [-0.15, -0.1) is 0 Å². The van der Waals surface area contributed by atoms with Gasteiger partial charge >= 0.3 is 0 Å². The van der Waals surface area contributed by atoms with Crippen molar-refractivity contribution in [2.75, 3.05) is 19.5 Å². The molecule has 1 atom stereocenters. The fourth-order valence-corrected chi connectivity index (χ4v) is 3.38. The first-order valence-electron chi connectivity index (χ1n) is 7.69. The van der Waals surface area contributed by atoms with Crippen LogP contribution in [0.15, 0.2) is 48.0 Å². The van der Waals surface area contributed by atoms with Gasteiger partial charge in [0.2, 0.25) is 5.85 Å². The Labute approximate surface area is 139 Å². The first-order chi connectivity index (χ1) is 11.7. The van der Waals surface area contributed by atoms with Gasteiger partial charge in [0.1, 0.15) is 0 Å². The van der Waals surface area contributed by atoms with E-state index in [1.807, 2.05) is 30.3 Å². The molecule has 4 rings (SSSR count). The Bertz CT molecular complexity index is 823. The molecule has 1 unspecified atom stereocenters. The van der Waals surface area contributed by atoms with Crippen molar-refractivity contribution in [3.05, 3.63) is 65.0 Å². The van der Waals surface area contributed by atoms with Crippen molar-refractivity contribution in [2.45, 2.75) is 12.3 Å². The largest absolute Gasteiger partial charge is 0.493 e. The summed E-state index contributed by atoms with van der Waals surface area (Å²) in [5.41, 5.74) is 10.9. The van der Waals surface area contributed by atoms with Gasteiger partial charge in [-0.3, -0.25) is 0 Å². The molecule has 5 nitrogen and oxygen atoms in total. The van der Waals surface area contributed by atoms with E-state index in [2.05, 4.69) is 16.2 Å². The average molecular weight is 327 g/mol. The Morgan fingerprint density at radius 1 is 1.12 bits per heavy atom. The number of halogens is 1. The maximum Gasteiger partial charge on any atom is 0.238 e. The molecule has 0 saturated heterocycles. The van der Waals surface area contributed by atoms with Gasteiger partial charge in [-0.25, -0.2) is 4.39 Å². The van der Waals surface area contributed by atoms with E-state index < -0.39 is 5.85 Å². The molecule has 24 heavy (non-hydrogen) atoms. The molecule has 0 aromatic heterocycles. The van der Waals surface area contributed by atoms with Gasteiger partial charge in [0.15, 0.2) is 11.6 Å². The molecule has 1 aliphatic carbocycles. The third-order valence-electron chi connectivity index (χ3n) is 4.53. The lowest BCUT2D eigenvalue weighted by molar-refractivity contribution is 0.0177. The van der Waals surface area contributed by atoms with Gasteiger partial charge < -0.3 is 20.2 Å². The number of methoxy groups -OCH3 is 2. The number of ether oxygens (including phenoxy) is 2. The number of rotatable bonds is 4. The van der Waals surface area contributed by atoms with E-state index in [9.17, 15) is 4.39 Å². The second kappa shape index (κ2) is 5.51. The Kier molecular flexibility index (Phi) is 3.44. The van der Waals surface area contributed by atoms with Gasteiger partial charge in [-0.1, -0.05) is 18.2 Å². The second-order valence-corrected chi connectivity index (χ2v) is 5.76. The quantitative estimate of drug-likeness (QED) is 0.754. The van der Waals surface area contributed by atoms with Crippen LogP contribution in [0.1, 0.15) is 11.1 Å². The van der Waals surface area contributed by atoms with Gasteiger partial charge in [0.05, 0.1) is 12.8 Å². The summed E-state index contributed by atoms with van der Waals surface area (Å²) in [6, 6.07) is 13.0. The molecule has 2 aromatic rings. The summed E-state index contributed by atoms with van der Waals surface area (Å²) in [5.74, 6) is -0.977. The monoisotopic (exact) mass is 327 g/mol.